The van der Waals surface area contributed by atoms with Crippen LogP contribution < -0.4 is 15.4 Å². The highest BCUT2D eigenvalue weighted by atomic mass is 127. The summed E-state index contributed by atoms with van der Waals surface area (Å²) in [5.41, 5.74) is 2.00. The number of aliphatic imine (C=N–C) groups is 1. The number of rotatable bonds is 8. The van der Waals surface area contributed by atoms with E-state index >= 15 is 0 Å². The van der Waals surface area contributed by atoms with Crippen LogP contribution in [0, 0.1) is 0 Å². The van der Waals surface area contributed by atoms with Crippen molar-refractivity contribution in [3.63, 3.8) is 0 Å². The van der Waals surface area contributed by atoms with Gasteiger partial charge in [0.2, 0.25) is 5.88 Å². The number of hydrogen-bond donors (Lipinski definition) is 2. The normalized spacial score (nSPS) is 14.7. The van der Waals surface area contributed by atoms with Gasteiger partial charge in [0.25, 0.3) is 0 Å². The summed E-state index contributed by atoms with van der Waals surface area (Å²) in [6.45, 7) is 8.10. The van der Waals surface area contributed by atoms with Crippen molar-refractivity contribution < 1.29 is 9.26 Å². The lowest BCUT2D eigenvalue weighted by molar-refractivity contribution is 0.201. The van der Waals surface area contributed by atoms with Crippen LogP contribution in [0.1, 0.15) is 69.4 Å². The van der Waals surface area contributed by atoms with E-state index in [1.54, 1.807) is 0 Å². The van der Waals surface area contributed by atoms with Crippen LogP contribution in [0.4, 0.5) is 0 Å². The average molecular weight is 513 g/mol. The van der Waals surface area contributed by atoms with Crippen LogP contribution in [0.25, 0.3) is 0 Å². The minimum absolute atomic E-state index is 0. The maximum Gasteiger partial charge on any atom is 0.213 e. The molecule has 1 aliphatic carbocycles. The van der Waals surface area contributed by atoms with Crippen molar-refractivity contribution in [3.8, 4) is 5.88 Å². The first kappa shape index (κ1) is 23.4. The number of pyridine rings is 1. The van der Waals surface area contributed by atoms with Crippen LogP contribution in [0.3, 0.4) is 0 Å². The maximum absolute atomic E-state index is 5.91. The van der Waals surface area contributed by atoms with E-state index in [2.05, 4.69) is 39.6 Å². The highest BCUT2D eigenvalue weighted by Crippen LogP contribution is 2.23. The van der Waals surface area contributed by atoms with Gasteiger partial charge in [0, 0.05) is 24.9 Å². The summed E-state index contributed by atoms with van der Waals surface area (Å²) < 4.78 is 11.3. The van der Waals surface area contributed by atoms with Gasteiger partial charge in [0.15, 0.2) is 11.7 Å². The maximum atomic E-state index is 5.91. The van der Waals surface area contributed by atoms with Gasteiger partial charge in [-0.3, -0.25) is 0 Å². The van der Waals surface area contributed by atoms with Gasteiger partial charge in [0.05, 0.1) is 18.8 Å². The van der Waals surface area contributed by atoms with Gasteiger partial charge in [-0.1, -0.05) is 25.1 Å². The highest BCUT2D eigenvalue weighted by molar-refractivity contribution is 14.0. The number of halogens is 1. The van der Waals surface area contributed by atoms with Gasteiger partial charge < -0.3 is 19.9 Å². The Labute approximate surface area is 190 Å². The summed E-state index contributed by atoms with van der Waals surface area (Å²) in [5, 5.41) is 10.6. The van der Waals surface area contributed by atoms with Crippen molar-refractivity contribution in [2.24, 2.45) is 4.99 Å². The molecule has 0 saturated heterocycles. The topological polar surface area (TPSA) is 84.6 Å². The summed E-state index contributed by atoms with van der Waals surface area (Å²) >= 11 is 0. The third-order valence-corrected chi connectivity index (χ3v) is 4.75. The Hall–Kier alpha value is -1.84. The van der Waals surface area contributed by atoms with Crippen LogP contribution in [-0.4, -0.2) is 28.7 Å². The van der Waals surface area contributed by atoms with E-state index in [4.69, 9.17) is 9.26 Å². The number of guanidine groups is 1. The third kappa shape index (κ3) is 7.49. The zero-order valence-electron chi connectivity index (χ0n) is 17.5. The second-order valence-electron chi connectivity index (χ2n) is 7.45. The molecule has 0 bridgehead atoms. The molecule has 29 heavy (non-hydrogen) atoms. The fourth-order valence-corrected chi connectivity index (χ4v) is 3.12. The van der Waals surface area contributed by atoms with E-state index in [9.17, 15) is 0 Å². The van der Waals surface area contributed by atoms with Crippen LogP contribution in [0.15, 0.2) is 33.9 Å². The van der Waals surface area contributed by atoms with E-state index < -0.39 is 0 Å². The summed E-state index contributed by atoms with van der Waals surface area (Å²) in [6, 6.07) is 5.94. The predicted molar refractivity (Wildman–Crippen MR) is 125 cm³/mol. The molecule has 2 aromatic heterocycles. The molecular weight excluding hydrogens is 481 g/mol. The van der Waals surface area contributed by atoms with Crippen LogP contribution >= 0.6 is 24.0 Å². The molecule has 2 heterocycles. The van der Waals surface area contributed by atoms with E-state index in [0.717, 1.165) is 42.4 Å². The molecule has 8 heteroatoms. The first-order chi connectivity index (χ1) is 13.6. The minimum atomic E-state index is 0. The second-order valence-corrected chi connectivity index (χ2v) is 7.45. The molecular formula is C21H32IN5O2. The molecule has 160 valence electrons. The lowest BCUT2D eigenvalue weighted by Crippen LogP contribution is -2.36. The van der Waals surface area contributed by atoms with Gasteiger partial charge >= 0.3 is 0 Å². The Morgan fingerprint density at radius 1 is 1.28 bits per heavy atom. The Kier molecular flexibility index (Phi) is 9.69. The first-order valence-electron chi connectivity index (χ1n) is 10.2. The van der Waals surface area contributed by atoms with Crippen molar-refractivity contribution in [3.05, 3.63) is 41.4 Å². The fourth-order valence-electron chi connectivity index (χ4n) is 3.12. The molecule has 2 N–H and O–H groups in total. The predicted octanol–water partition coefficient (Wildman–Crippen LogP) is 4.39. The molecule has 1 fully saturated rings. The minimum Gasteiger partial charge on any atom is -0.474 e. The molecule has 1 saturated carbocycles. The molecule has 0 unspecified atom stereocenters. The molecule has 0 spiro atoms. The number of hydrogen-bond acceptors (Lipinski definition) is 5. The zero-order chi connectivity index (χ0) is 19.8. The van der Waals surface area contributed by atoms with Gasteiger partial charge in [-0.15, -0.1) is 24.0 Å². The van der Waals surface area contributed by atoms with Crippen LogP contribution in [-0.2, 0) is 13.1 Å². The summed E-state index contributed by atoms with van der Waals surface area (Å²) in [6.07, 6.45) is 6.94. The van der Waals surface area contributed by atoms with E-state index in [-0.39, 0.29) is 24.0 Å². The van der Waals surface area contributed by atoms with Gasteiger partial charge in [-0.05, 0) is 44.1 Å². The SMILES string of the molecule is CCNC(=NCc1ccc(OC2CCCC2)nc1)NCc1cc(C(C)C)no1.I. The fraction of sp³-hybridized carbons (Fsp3) is 0.571. The van der Waals surface area contributed by atoms with Gasteiger partial charge in [-0.25, -0.2) is 9.98 Å². The van der Waals surface area contributed by atoms with Crippen molar-refractivity contribution in [2.45, 2.75) is 71.6 Å². The molecule has 0 amide bonds. The summed E-state index contributed by atoms with van der Waals surface area (Å²) in [5.74, 6) is 2.59. The number of nitrogens with one attached hydrogen (secondary N) is 2. The Bertz CT molecular complexity index is 755. The van der Waals surface area contributed by atoms with Gasteiger partial charge in [-0.2, -0.15) is 0 Å². The van der Waals surface area contributed by atoms with Crippen LogP contribution in [0.2, 0.25) is 0 Å². The quantitative estimate of drug-likeness (QED) is 0.310. The molecule has 0 aromatic carbocycles. The van der Waals surface area contributed by atoms with E-state index in [1.807, 2.05) is 31.3 Å². The smallest absolute Gasteiger partial charge is 0.213 e. The number of aromatic nitrogens is 2. The van der Waals surface area contributed by atoms with Crippen molar-refractivity contribution in [2.75, 3.05) is 6.54 Å². The lowest BCUT2D eigenvalue weighted by atomic mass is 10.1. The highest BCUT2D eigenvalue weighted by Gasteiger charge is 2.16. The third-order valence-electron chi connectivity index (χ3n) is 4.75. The standard InChI is InChI=1S/C21H31N5O2.HI/c1-4-22-21(25-14-18-11-19(15(2)3)26-28-18)24-13-16-9-10-20(23-12-16)27-17-7-5-6-8-17;/h9-12,15,17H,4-8,13-14H2,1-3H3,(H2,22,24,25);1H. The Morgan fingerprint density at radius 3 is 2.69 bits per heavy atom. The van der Waals surface area contributed by atoms with E-state index in [1.165, 1.54) is 12.8 Å². The zero-order valence-corrected chi connectivity index (χ0v) is 19.8. The lowest BCUT2D eigenvalue weighted by Gasteiger charge is -2.12. The monoisotopic (exact) mass is 513 g/mol. The Morgan fingerprint density at radius 2 is 2.07 bits per heavy atom. The molecule has 7 nitrogen and oxygen atoms in total. The number of ether oxygens (including phenoxy) is 1. The molecule has 3 rings (SSSR count). The summed E-state index contributed by atoms with van der Waals surface area (Å²) in [4.78, 5) is 9.05. The molecule has 1 aliphatic rings. The molecule has 0 atom stereocenters. The van der Waals surface area contributed by atoms with Crippen molar-refractivity contribution in [1.82, 2.24) is 20.8 Å². The van der Waals surface area contributed by atoms with Crippen molar-refractivity contribution >= 4 is 29.9 Å². The first-order valence-corrected chi connectivity index (χ1v) is 10.2. The number of nitrogens with zero attached hydrogens (tertiary/aromatic N) is 3. The van der Waals surface area contributed by atoms with Crippen molar-refractivity contribution in [1.29, 1.82) is 0 Å². The Balaban J connectivity index is 0.00000300. The molecule has 0 aliphatic heterocycles. The molecule has 0 radical (unpaired) electrons. The molecule has 2 aromatic rings. The van der Waals surface area contributed by atoms with Crippen LogP contribution in [0.5, 0.6) is 5.88 Å². The van der Waals surface area contributed by atoms with E-state index in [0.29, 0.717) is 31.0 Å². The summed E-state index contributed by atoms with van der Waals surface area (Å²) in [7, 11) is 0. The van der Waals surface area contributed by atoms with Gasteiger partial charge in [0.1, 0.15) is 6.10 Å². The second kappa shape index (κ2) is 12.0. The largest absolute Gasteiger partial charge is 0.474 e. The average Bonchev–Trinajstić information content (AvgIpc) is 3.37.